The summed E-state index contributed by atoms with van der Waals surface area (Å²) in [6, 6.07) is 15.3. The van der Waals surface area contributed by atoms with Crippen molar-refractivity contribution in [1.82, 2.24) is 4.72 Å². The summed E-state index contributed by atoms with van der Waals surface area (Å²) in [6.45, 7) is 5.12. The van der Waals surface area contributed by atoms with E-state index in [0.29, 0.717) is 18.0 Å². The normalized spacial score (nSPS) is 13.0. The molecule has 1 atom stereocenters. The van der Waals surface area contributed by atoms with Crippen LogP contribution in [0.3, 0.4) is 0 Å². The standard InChI is InChI=1S/C17H21BrN2O2S/c1-13-3-9-17(10-4-13)23(21,22)20-12-11-19-14(2)15-5-7-16(18)8-6-15/h3-10,14,19-20H,11-12H2,1-2H3/p+1/t14-/m1/s1. The number of hydrogen-bond acceptors (Lipinski definition) is 2. The fourth-order valence-corrected chi connectivity index (χ4v) is 3.54. The lowest BCUT2D eigenvalue weighted by Gasteiger charge is -2.12. The minimum Gasteiger partial charge on any atom is -0.339 e. The van der Waals surface area contributed by atoms with Gasteiger partial charge in [0.1, 0.15) is 6.04 Å². The fourth-order valence-electron chi connectivity index (χ4n) is 2.23. The van der Waals surface area contributed by atoms with Gasteiger partial charge in [-0.05, 0) is 38.1 Å². The second kappa shape index (κ2) is 8.06. The Morgan fingerprint density at radius 2 is 1.70 bits per heavy atom. The summed E-state index contributed by atoms with van der Waals surface area (Å²) in [5.41, 5.74) is 2.26. The molecule has 0 aliphatic heterocycles. The quantitative estimate of drug-likeness (QED) is 0.704. The van der Waals surface area contributed by atoms with Gasteiger partial charge in [0.05, 0.1) is 18.0 Å². The van der Waals surface area contributed by atoms with Crippen LogP contribution in [0, 0.1) is 6.92 Å². The Bertz CT molecular complexity index is 728. The Morgan fingerprint density at radius 1 is 1.09 bits per heavy atom. The zero-order chi connectivity index (χ0) is 16.9. The van der Waals surface area contributed by atoms with Gasteiger partial charge in [0.2, 0.25) is 10.0 Å². The van der Waals surface area contributed by atoms with E-state index in [2.05, 4.69) is 45.0 Å². The first-order valence-corrected chi connectivity index (χ1v) is 9.81. The van der Waals surface area contributed by atoms with E-state index in [4.69, 9.17) is 0 Å². The number of aryl methyl sites for hydroxylation is 1. The first kappa shape index (κ1) is 18.1. The molecule has 0 fully saturated rings. The summed E-state index contributed by atoms with van der Waals surface area (Å²) in [6.07, 6.45) is 0. The van der Waals surface area contributed by atoms with Crippen LogP contribution in [-0.2, 0) is 10.0 Å². The van der Waals surface area contributed by atoms with Gasteiger partial charge in [-0.3, -0.25) is 0 Å². The minimum absolute atomic E-state index is 0.284. The molecule has 0 amide bonds. The van der Waals surface area contributed by atoms with Gasteiger partial charge >= 0.3 is 0 Å². The highest BCUT2D eigenvalue weighted by Gasteiger charge is 2.14. The molecule has 0 radical (unpaired) electrons. The number of hydrogen-bond donors (Lipinski definition) is 2. The Morgan fingerprint density at radius 3 is 2.30 bits per heavy atom. The summed E-state index contributed by atoms with van der Waals surface area (Å²) in [5, 5.41) is 2.13. The van der Waals surface area contributed by atoms with Crippen molar-refractivity contribution >= 4 is 26.0 Å². The molecular formula is C17H22BrN2O2S+. The van der Waals surface area contributed by atoms with Gasteiger partial charge < -0.3 is 5.32 Å². The minimum atomic E-state index is -3.42. The van der Waals surface area contributed by atoms with Crippen LogP contribution in [0.4, 0.5) is 0 Å². The number of rotatable bonds is 7. The molecule has 4 nitrogen and oxygen atoms in total. The van der Waals surface area contributed by atoms with Gasteiger partial charge in [0.25, 0.3) is 0 Å². The molecule has 0 aliphatic rings. The van der Waals surface area contributed by atoms with E-state index in [9.17, 15) is 8.42 Å². The summed E-state index contributed by atoms with van der Waals surface area (Å²) >= 11 is 3.42. The van der Waals surface area contributed by atoms with Gasteiger partial charge in [0, 0.05) is 10.0 Å². The van der Waals surface area contributed by atoms with Crippen molar-refractivity contribution < 1.29 is 13.7 Å². The average molecular weight is 398 g/mol. The molecule has 2 aromatic carbocycles. The van der Waals surface area contributed by atoms with Crippen LogP contribution in [0.2, 0.25) is 0 Å². The highest BCUT2D eigenvalue weighted by molar-refractivity contribution is 9.10. The molecule has 0 spiro atoms. The van der Waals surface area contributed by atoms with Crippen molar-refractivity contribution in [2.24, 2.45) is 0 Å². The third kappa shape index (κ3) is 5.42. The van der Waals surface area contributed by atoms with Gasteiger partial charge in [0.15, 0.2) is 0 Å². The number of sulfonamides is 1. The van der Waals surface area contributed by atoms with E-state index in [0.717, 1.165) is 10.0 Å². The summed E-state index contributed by atoms with van der Waals surface area (Å²) in [5.74, 6) is 0. The molecule has 2 rings (SSSR count). The summed E-state index contributed by atoms with van der Waals surface area (Å²) in [7, 11) is -3.42. The Kier molecular flexibility index (Phi) is 6.35. The second-order valence-electron chi connectivity index (χ2n) is 5.58. The van der Waals surface area contributed by atoms with Crippen molar-refractivity contribution in [3.63, 3.8) is 0 Å². The molecule has 23 heavy (non-hydrogen) atoms. The maximum atomic E-state index is 12.2. The molecule has 0 aliphatic carbocycles. The molecular weight excluding hydrogens is 376 g/mol. The van der Waals surface area contributed by atoms with Crippen LogP contribution < -0.4 is 10.0 Å². The molecule has 2 aromatic rings. The van der Waals surface area contributed by atoms with Gasteiger partial charge in [-0.2, -0.15) is 0 Å². The molecule has 0 unspecified atom stereocenters. The summed E-state index contributed by atoms with van der Waals surface area (Å²) in [4.78, 5) is 0.309. The molecule has 0 saturated heterocycles. The number of quaternary nitrogens is 1. The van der Waals surface area contributed by atoms with Crippen molar-refractivity contribution in [3.8, 4) is 0 Å². The Hall–Kier alpha value is -1.21. The maximum Gasteiger partial charge on any atom is 0.240 e. The lowest BCUT2D eigenvalue weighted by Crippen LogP contribution is -2.86. The number of benzene rings is 2. The predicted molar refractivity (Wildman–Crippen MR) is 95.7 cm³/mol. The van der Waals surface area contributed by atoms with Crippen molar-refractivity contribution in [1.29, 1.82) is 0 Å². The van der Waals surface area contributed by atoms with E-state index in [-0.39, 0.29) is 6.04 Å². The fraction of sp³-hybridized carbons (Fsp3) is 0.294. The topological polar surface area (TPSA) is 62.8 Å². The van der Waals surface area contributed by atoms with Gasteiger partial charge in [-0.25, -0.2) is 13.1 Å². The maximum absolute atomic E-state index is 12.2. The van der Waals surface area contributed by atoms with E-state index in [1.54, 1.807) is 24.3 Å². The number of halogens is 1. The number of nitrogens with one attached hydrogen (secondary N) is 1. The monoisotopic (exact) mass is 397 g/mol. The zero-order valence-corrected chi connectivity index (χ0v) is 15.7. The Balaban J connectivity index is 1.82. The van der Waals surface area contributed by atoms with Gasteiger partial charge in [-0.1, -0.05) is 45.8 Å². The smallest absolute Gasteiger partial charge is 0.240 e. The first-order valence-electron chi connectivity index (χ1n) is 7.53. The average Bonchev–Trinajstić information content (AvgIpc) is 2.52. The van der Waals surface area contributed by atoms with E-state index in [1.807, 2.05) is 19.1 Å². The molecule has 0 bridgehead atoms. The highest BCUT2D eigenvalue weighted by atomic mass is 79.9. The van der Waals surface area contributed by atoms with E-state index >= 15 is 0 Å². The largest absolute Gasteiger partial charge is 0.339 e. The van der Waals surface area contributed by atoms with Crippen LogP contribution in [-0.4, -0.2) is 21.5 Å². The molecule has 124 valence electrons. The zero-order valence-electron chi connectivity index (χ0n) is 13.3. The molecule has 0 saturated carbocycles. The highest BCUT2D eigenvalue weighted by Crippen LogP contribution is 2.14. The third-order valence-corrected chi connectivity index (χ3v) is 5.69. The third-order valence-electron chi connectivity index (χ3n) is 3.68. The lowest BCUT2D eigenvalue weighted by molar-refractivity contribution is -0.690. The molecule has 0 aromatic heterocycles. The SMILES string of the molecule is Cc1ccc(S(=O)(=O)NCC[NH2+][C@H](C)c2ccc(Br)cc2)cc1. The number of nitrogens with two attached hydrogens (primary N) is 1. The van der Waals surface area contributed by atoms with Crippen LogP contribution in [0.5, 0.6) is 0 Å². The first-order chi connectivity index (χ1) is 10.9. The molecule has 0 heterocycles. The van der Waals surface area contributed by atoms with Gasteiger partial charge in [-0.15, -0.1) is 0 Å². The van der Waals surface area contributed by atoms with Crippen molar-refractivity contribution in [3.05, 3.63) is 64.1 Å². The Labute approximate surface area is 146 Å². The van der Waals surface area contributed by atoms with Crippen LogP contribution >= 0.6 is 15.9 Å². The summed E-state index contributed by atoms with van der Waals surface area (Å²) < 4.78 is 28.0. The van der Waals surface area contributed by atoms with Crippen LogP contribution in [0.25, 0.3) is 0 Å². The molecule has 6 heteroatoms. The van der Waals surface area contributed by atoms with E-state index in [1.165, 1.54) is 5.56 Å². The van der Waals surface area contributed by atoms with Crippen LogP contribution in [0.1, 0.15) is 24.1 Å². The van der Waals surface area contributed by atoms with Crippen molar-refractivity contribution in [2.75, 3.05) is 13.1 Å². The van der Waals surface area contributed by atoms with E-state index < -0.39 is 10.0 Å². The van der Waals surface area contributed by atoms with Crippen LogP contribution in [0.15, 0.2) is 57.9 Å². The second-order valence-corrected chi connectivity index (χ2v) is 8.26. The lowest BCUT2D eigenvalue weighted by atomic mass is 10.1. The van der Waals surface area contributed by atoms with Crippen molar-refractivity contribution in [2.45, 2.75) is 24.8 Å². The molecule has 3 N–H and O–H groups in total. The predicted octanol–water partition coefficient (Wildman–Crippen LogP) is 2.36.